The molecule has 0 radical (unpaired) electrons. The maximum atomic E-state index is 7.45. The predicted octanol–water partition coefficient (Wildman–Crippen LogP) is 22.4. The molecule has 3 aliphatic carbocycles. The molecule has 2 atom stereocenters. The predicted molar refractivity (Wildman–Crippen MR) is 390 cm³/mol. The number of nitrogens with zero attached hydrogens (tertiary/aromatic N) is 3. The van der Waals surface area contributed by atoms with Gasteiger partial charge in [-0.2, -0.15) is 0 Å². The van der Waals surface area contributed by atoms with Gasteiger partial charge in [0, 0.05) is 65.8 Å². The molecule has 1 saturated carbocycles. The Kier molecular flexibility index (Phi) is 12.0. The van der Waals surface area contributed by atoms with Gasteiger partial charge in [0.1, 0.15) is 5.58 Å². The van der Waals surface area contributed by atoms with Crippen LogP contribution in [0, 0.1) is 0 Å². The van der Waals surface area contributed by atoms with Crippen LogP contribution in [0.5, 0.6) is 0 Å². The number of fused-ring (bicyclic) bond motifs is 16. The van der Waals surface area contributed by atoms with Crippen LogP contribution in [0.25, 0.3) is 42.1 Å². The van der Waals surface area contributed by atoms with E-state index >= 15 is 0 Å². The fourth-order valence-corrected chi connectivity index (χ4v) is 19.5. The van der Waals surface area contributed by atoms with Crippen LogP contribution >= 0.6 is 11.3 Å². The minimum absolute atomic E-state index is 0.00501. The standard InChI is InChI=1S/C84H94BN3OS/c1-76(2,3)49-26-33-70-56(41-49)54-23-22-24-66(74(54)89-70)87-69-46-53(88-65-32-25-51(78(7,8)9)43-62(65)83(18)35-20-21-36-84(83,88)19)45-68-72(69)85(63-31-29-55-57-42-50(77(4,5)6)27-34-71(57)90-75(55)73(63)87)64-47-60-61(82(16,17)40-39-81(60,14)15)48-67(64)86(68)52-28-30-58-59(44-52)80(12,13)38-37-79(58,10)11/h22-34,41-48H,20-21,35-40H2,1-19H3. The van der Waals surface area contributed by atoms with Gasteiger partial charge in [-0.15, -0.1) is 11.3 Å². The normalized spacial score (nSPS) is 21.9. The Morgan fingerprint density at radius 3 is 1.69 bits per heavy atom. The van der Waals surface area contributed by atoms with E-state index in [1.165, 1.54) is 146 Å². The Morgan fingerprint density at radius 1 is 0.422 bits per heavy atom. The van der Waals surface area contributed by atoms with Crippen LogP contribution in [0.15, 0.2) is 132 Å². The van der Waals surface area contributed by atoms with Crippen molar-refractivity contribution in [2.45, 2.75) is 232 Å². The summed E-state index contributed by atoms with van der Waals surface area (Å²) >= 11 is 1.98. The van der Waals surface area contributed by atoms with Crippen molar-refractivity contribution in [3.05, 3.63) is 172 Å². The van der Waals surface area contributed by atoms with Crippen molar-refractivity contribution in [3.8, 4) is 0 Å². The molecule has 0 N–H and O–H groups in total. The van der Waals surface area contributed by atoms with Crippen LogP contribution in [0.2, 0.25) is 0 Å². The number of furan rings is 1. The second-order valence-electron chi connectivity index (χ2n) is 35.0. The third-order valence-electron chi connectivity index (χ3n) is 24.4. The zero-order valence-electron chi connectivity index (χ0n) is 57.5. The van der Waals surface area contributed by atoms with E-state index in [-0.39, 0.29) is 55.6 Å². The molecule has 10 aromatic rings. The quantitative estimate of drug-likeness (QED) is 0.164. The summed E-state index contributed by atoms with van der Waals surface area (Å²) in [7, 11) is 0. The van der Waals surface area contributed by atoms with Gasteiger partial charge >= 0.3 is 0 Å². The number of anilines is 8. The van der Waals surface area contributed by atoms with Crippen LogP contribution in [-0.4, -0.2) is 12.3 Å². The van der Waals surface area contributed by atoms with Crippen molar-refractivity contribution in [2.24, 2.45) is 0 Å². The second kappa shape index (κ2) is 18.5. The largest absolute Gasteiger partial charge is 0.454 e. The number of para-hydroxylation sites is 1. The first-order chi connectivity index (χ1) is 42.2. The SMILES string of the molecule is CC(C)(C)c1ccc2c(c1)C1(C)CCCCC1(C)N2c1cc2c3c(c1)N(c1cccc4c1oc1ccc(C(C)(C)C)cc14)c1c(ccc4c1sc1ccc(C(C)(C)C)cc14)B3c1cc3c(cc1N2c1ccc2c(c1)C(C)(C)CCC2(C)C)C(C)(C)CCC3(C)C. The average Bonchev–Trinajstić information content (AvgIpc) is 1.12. The van der Waals surface area contributed by atoms with E-state index in [1.807, 2.05) is 11.3 Å². The van der Waals surface area contributed by atoms with Crippen molar-refractivity contribution in [1.29, 1.82) is 0 Å². The van der Waals surface area contributed by atoms with Crippen molar-refractivity contribution in [2.75, 3.05) is 14.7 Å². The van der Waals surface area contributed by atoms with Gasteiger partial charge in [0.2, 0.25) is 0 Å². The van der Waals surface area contributed by atoms with Crippen molar-refractivity contribution >= 4 is 122 Å². The van der Waals surface area contributed by atoms with E-state index in [4.69, 9.17) is 4.42 Å². The average molecular weight is 1200 g/mol. The lowest BCUT2D eigenvalue weighted by molar-refractivity contribution is 0.195. The lowest BCUT2D eigenvalue weighted by atomic mass is 9.33. The molecule has 3 aliphatic heterocycles. The van der Waals surface area contributed by atoms with Crippen LogP contribution in [0.3, 0.4) is 0 Å². The van der Waals surface area contributed by atoms with E-state index in [0.717, 1.165) is 54.3 Å². The summed E-state index contributed by atoms with van der Waals surface area (Å²) in [6.07, 6.45) is 9.32. The molecule has 0 amide bonds. The highest BCUT2D eigenvalue weighted by Gasteiger charge is 2.59. The molecule has 2 aromatic heterocycles. The minimum Gasteiger partial charge on any atom is -0.454 e. The summed E-state index contributed by atoms with van der Waals surface area (Å²) in [4.78, 5) is 8.40. The van der Waals surface area contributed by atoms with E-state index in [2.05, 4.69) is 274 Å². The monoisotopic (exact) mass is 1200 g/mol. The molecule has 0 bridgehead atoms. The zero-order valence-corrected chi connectivity index (χ0v) is 58.3. The summed E-state index contributed by atoms with van der Waals surface area (Å²) in [6, 6.07) is 52.4. The van der Waals surface area contributed by atoms with Crippen LogP contribution in [0.1, 0.15) is 227 Å². The number of hydrogen-bond donors (Lipinski definition) is 0. The molecule has 0 saturated heterocycles. The highest BCUT2D eigenvalue weighted by atomic mass is 32.1. The van der Waals surface area contributed by atoms with Gasteiger partial charge in [0.25, 0.3) is 6.71 Å². The molecule has 0 spiro atoms. The Hall–Kier alpha value is -6.76. The fourth-order valence-electron chi connectivity index (χ4n) is 18.2. The van der Waals surface area contributed by atoms with Crippen molar-refractivity contribution in [3.63, 3.8) is 0 Å². The second-order valence-corrected chi connectivity index (χ2v) is 36.1. The van der Waals surface area contributed by atoms with Gasteiger partial charge in [-0.25, -0.2) is 0 Å². The first kappa shape index (κ1) is 58.3. The van der Waals surface area contributed by atoms with Crippen LogP contribution in [-0.2, 0) is 43.3 Å². The lowest BCUT2D eigenvalue weighted by Crippen LogP contribution is -2.62. The van der Waals surface area contributed by atoms with Gasteiger partial charge < -0.3 is 19.1 Å². The van der Waals surface area contributed by atoms with Gasteiger partial charge in [-0.3, -0.25) is 0 Å². The van der Waals surface area contributed by atoms with Crippen LogP contribution in [0.4, 0.5) is 45.5 Å². The van der Waals surface area contributed by atoms with Crippen LogP contribution < -0.4 is 31.1 Å². The van der Waals surface area contributed by atoms with Crippen molar-refractivity contribution in [1.82, 2.24) is 0 Å². The smallest absolute Gasteiger partial charge is 0.252 e. The first-order valence-corrected chi connectivity index (χ1v) is 35.0. The zero-order chi connectivity index (χ0) is 63.3. The Balaban J connectivity index is 1.09. The topological polar surface area (TPSA) is 22.9 Å². The molecule has 90 heavy (non-hydrogen) atoms. The van der Waals surface area contributed by atoms with Crippen molar-refractivity contribution < 1.29 is 4.42 Å². The highest BCUT2D eigenvalue weighted by molar-refractivity contribution is 7.26. The number of hydrogen-bond acceptors (Lipinski definition) is 5. The van der Waals surface area contributed by atoms with E-state index < -0.39 is 0 Å². The lowest BCUT2D eigenvalue weighted by Gasteiger charge is -2.51. The first-order valence-electron chi connectivity index (χ1n) is 34.2. The molecule has 5 heterocycles. The Morgan fingerprint density at radius 2 is 1.01 bits per heavy atom. The third kappa shape index (κ3) is 8.09. The Labute approximate surface area is 541 Å². The summed E-state index contributed by atoms with van der Waals surface area (Å²) in [5.41, 5.74) is 27.3. The molecule has 2 unspecified atom stereocenters. The number of benzene rings is 8. The molecule has 6 heteroatoms. The maximum Gasteiger partial charge on any atom is 0.252 e. The van der Waals surface area contributed by atoms with E-state index in [1.54, 1.807) is 0 Å². The van der Waals surface area contributed by atoms with E-state index in [0.29, 0.717) is 0 Å². The molecule has 1 fully saturated rings. The highest BCUT2D eigenvalue weighted by Crippen LogP contribution is 2.63. The molecule has 4 nitrogen and oxygen atoms in total. The van der Waals surface area contributed by atoms with Gasteiger partial charge in [0.15, 0.2) is 5.58 Å². The van der Waals surface area contributed by atoms with Gasteiger partial charge in [-0.1, -0.05) is 198 Å². The molecule has 6 aliphatic rings. The van der Waals surface area contributed by atoms with Gasteiger partial charge in [0.05, 0.1) is 21.6 Å². The maximum absolute atomic E-state index is 7.45. The molecular weight excluding hydrogens is 1110 g/mol. The summed E-state index contributed by atoms with van der Waals surface area (Å²) in [5.74, 6) is 0. The Bertz CT molecular complexity index is 4750. The summed E-state index contributed by atoms with van der Waals surface area (Å²) in [5, 5.41) is 4.97. The summed E-state index contributed by atoms with van der Waals surface area (Å²) in [6.45, 7) is 46.4. The minimum atomic E-state index is -0.206. The van der Waals surface area contributed by atoms with Gasteiger partial charge in [-0.05, 0) is 211 Å². The molecular formula is C84H94BN3OS. The summed E-state index contributed by atoms with van der Waals surface area (Å²) < 4.78 is 10.1. The molecule has 8 aromatic carbocycles. The number of rotatable bonds is 3. The third-order valence-corrected chi connectivity index (χ3v) is 25.6. The van der Waals surface area contributed by atoms with E-state index in [9.17, 15) is 0 Å². The number of thiophene rings is 1. The molecule has 460 valence electrons. The fraction of sp³-hybridized carbons (Fsp3) is 0.429. The molecule has 16 rings (SSSR count).